The maximum Gasteiger partial charge on any atom is 0.329 e. The molecule has 4 rings (SSSR count). The highest BCUT2D eigenvalue weighted by molar-refractivity contribution is 6.39. The Morgan fingerprint density at radius 1 is 0.810 bits per heavy atom. The molecule has 4 aliphatic rings. The molecule has 0 aromatic carbocycles. The van der Waals surface area contributed by atoms with Crippen molar-refractivity contribution in [1.29, 1.82) is 0 Å². The first-order valence-electron chi connectivity index (χ1n) is 29.3. The molecule has 15 atom stereocenters. The Morgan fingerprint density at radius 2 is 1.53 bits per heavy atom. The number of rotatable bonds is 16. The van der Waals surface area contributed by atoms with E-state index in [2.05, 4.69) is 0 Å². The molecular formula is C62H101NO16. The Kier molecular flexibility index (Phi) is 27.4. The molecule has 2 saturated heterocycles. The predicted octanol–water partition coefficient (Wildman–Crippen LogP) is 7.91. The first-order chi connectivity index (χ1) is 37.2. The zero-order valence-corrected chi connectivity index (χ0v) is 50.1. The summed E-state index contributed by atoms with van der Waals surface area (Å²) in [5.41, 5.74) is -0.0459. The van der Waals surface area contributed by atoms with Gasteiger partial charge in [0.15, 0.2) is 5.78 Å². The molecule has 3 fully saturated rings. The van der Waals surface area contributed by atoms with Crippen molar-refractivity contribution in [2.45, 2.75) is 232 Å². The number of piperidine rings is 1. The maximum atomic E-state index is 14.7. The number of aliphatic hydroxyl groups is 4. The topological polar surface area (TPSA) is 234 Å². The highest BCUT2D eigenvalue weighted by atomic mass is 16.6. The summed E-state index contributed by atoms with van der Waals surface area (Å²) < 4.78 is 43.1. The van der Waals surface area contributed by atoms with Gasteiger partial charge >= 0.3 is 5.97 Å². The first-order valence-corrected chi connectivity index (χ1v) is 29.3. The maximum absolute atomic E-state index is 14.7. The average Bonchev–Trinajstić information content (AvgIpc) is 3.45. The number of Topliss-reactive ketones (excluding diaryl/α,β-unsaturated/α-hetero) is 3. The van der Waals surface area contributed by atoms with E-state index in [1.54, 1.807) is 34.0 Å². The fraction of sp³-hybridized carbons (Fsp3) is 0.790. The van der Waals surface area contributed by atoms with Crippen LogP contribution < -0.4 is 0 Å². The van der Waals surface area contributed by atoms with Crippen molar-refractivity contribution in [3.63, 3.8) is 0 Å². The summed E-state index contributed by atoms with van der Waals surface area (Å²) in [5, 5.41) is 42.9. The Hall–Kier alpha value is -3.49. The van der Waals surface area contributed by atoms with Crippen LogP contribution in [-0.4, -0.2) is 168 Å². The van der Waals surface area contributed by atoms with Gasteiger partial charge < -0.3 is 58.5 Å². The smallest absolute Gasteiger partial charge is 0.329 e. The van der Waals surface area contributed by atoms with Gasteiger partial charge in [-0.1, -0.05) is 71.1 Å². The lowest BCUT2D eigenvalue weighted by molar-refractivity contribution is -0.267. The van der Waals surface area contributed by atoms with Gasteiger partial charge in [-0.05, 0) is 147 Å². The third kappa shape index (κ3) is 20.1. The van der Waals surface area contributed by atoms with Gasteiger partial charge in [0.1, 0.15) is 30.1 Å². The molecule has 0 radical (unpaired) electrons. The van der Waals surface area contributed by atoms with Gasteiger partial charge in [0.05, 0.1) is 55.4 Å². The van der Waals surface area contributed by atoms with Gasteiger partial charge in [-0.25, -0.2) is 4.79 Å². The Labute approximate surface area is 472 Å². The Bertz CT molecular complexity index is 2100. The second kappa shape index (κ2) is 31.8. The summed E-state index contributed by atoms with van der Waals surface area (Å²) in [7, 11) is 3.00. The van der Waals surface area contributed by atoms with Crippen LogP contribution >= 0.6 is 0 Å². The number of carbonyl (C=O) groups is 5. The molecule has 1 amide bonds. The van der Waals surface area contributed by atoms with Crippen LogP contribution in [0.5, 0.6) is 0 Å². The van der Waals surface area contributed by atoms with E-state index in [-0.39, 0.29) is 87.2 Å². The molecule has 0 aromatic rings. The van der Waals surface area contributed by atoms with E-state index in [0.717, 1.165) is 12.0 Å². The van der Waals surface area contributed by atoms with Crippen LogP contribution in [0.2, 0.25) is 0 Å². The number of ketones is 3. The zero-order valence-electron chi connectivity index (χ0n) is 50.1. The molecule has 4 N–H and O–H groups in total. The molecule has 1 aliphatic carbocycles. The van der Waals surface area contributed by atoms with Crippen LogP contribution in [0.3, 0.4) is 0 Å². The number of esters is 1. The molecule has 2 bridgehead atoms. The normalized spacial score (nSPS) is 35.8. The van der Waals surface area contributed by atoms with E-state index in [4.69, 9.17) is 33.2 Å². The van der Waals surface area contributed by atoms with Crippen LogP contribution in [0.1, 0.15) is 166 Å². The third-order valence-electron chi connectivity index (χ3n) is 17.0. The molecule has 450 valence electrons. The molecule has 0 spiro atoms. The molecule has 79 heavy (non-hydrogen) atoms. The lowest BCUT2D eigenvalue weighted by atomic mass is 9.78. The Balaban J connectivity index is 1.74. The lowest BCUT2D eigenvalue weighted by Gasteiger charge is -2.43. The van der Waals surface area contributed by atoms with Crippen LogP contribution in [0.4, 0.5) is 0 Å². The molecule has 0 aromatic heterocycles. The second-order valence-corrected chi connectivity index (χ2v) is 24.6. The number of hydrogen-bond donors (Lipinski definition) is 4. The summed E-state index contributed by atoms with van der Waals surface area (Å²) in [5.74, 6) is -8.32. The van der Waals surface area contributed by atoms with Crippen molar-refractivity contribution in [1.82, 2.24) is 4.90 Å². The average molecular weight is 1120 g/mol. The minimum atomic E-state index is -2.51. The molecule has 17 nitrogen and oxygen atoms in total. The van der Waals surface area contributed by atoms with Gasteiger partial charge in [-0.2, -0.15) is 0 Å². The summed E-state index contributed by atoms with van der Waals surface area (Å²) >= 11 is 0. The third-order valence-corrected chi connectivity index (χ3v) is 17.0. The number of cyclic esters (lactones) is 1. The summed E-state index contributed by atoms with van der Waals surface area (Å²) in [6.45, 7) is 21.0. The quantitative estimate of drug-likeness (QED) is 0.0653. The van der Waals surface area contributed by atoms with Crippen molar-refractivity contribution < 1.29 is 77.6 Å². The number of methoxy groups -OCH3 is 2. The summed E-state index contributed by atoms with van der Waals surface area (Å²) in [4.78, 5) is 73.3. The fourth-order valence-corrected chi connectivity index (χ4v) is 11.7. The summed E-state index contributed by atoms with van der Waals surface area (Å²) in [6.07, 6.45) is 12.3. The number of nitrogens with zero attached hydrogens (tertiary/aromatic N) is 1. The number of carbonyl (C=O) groups excluding carboxylic acids is 5. The van der Waals surface area contributed by atoms with E-state index >= 15 is 0 Å². The van der Waals surface area contributed by atoms with Crippen LogP contribution in [0, 0.1) is 35.5 Å². The van der Waals surface area contributed by atoms with E-state index in [9.17, 15) is 44.4 Å². The van der Waals surface area contributed by atoms with E-state index < -0.39 is 89.0 Å². The van der Waals surface area contributed by atoms with E-state index in [0.29, 0.717) is 76.4 Å². The Morgan fingerprint density at radius 3 is 2.20 bits per heavy atom. The zero-order chi connectivity index (χ0) is 58.8. The van der Waals surface area contributed by atoms with Gasteiger partial charge in [0, 0.05) is 58.0 Å². The number of hydrogen-bond acceptors (Lipinski definition) is 16. The van der Waals surface area contributed by atoms with Crippen LogP contribution in [0.15, 0.2) is 47.6 Å². The van der Waals surface area contributed by atoms with Gasteiger partial charge in [0.2, 0.25) is 5.79 Å². The minimum Gasteiger partial charge on any atom is -0.460 e. The van der Waals surface area contributed by atoms with E-state index in [1.165, 1.54) is 12.0 Å². The highest BCUT2D eigenvalue weighted by Crippen LogP contribution is 2.39. The van der Waals surface area contributed by atoms with Gasteiger partial charge in [0.25, 0.3) is 11.7 Å². The standard InChI is InChI=1S/C62H101NO16/c1-39-19-15-14-16-20-40(2)52(79-61(10,11)27-31-76-60(8,9)26-29-64)37-47-24-22-45(7)62(72,78-47)57(69)58(70)63-28-18-17-21-48(63)59(71)77-51(42(4)35-46-23-25-50(75-32-30-65)53(36-46)73-12)38-49(66)41(3)34-44(6)55(68)56(74-13)54(67)43(5)33-39/h14-16,19-20,34,39,41-43,45-48,50-53,55-56,64-65,68,72H,17-18,21-33,35-38H2,1-13H3/b16-14+,19-15+,40-20+,44-34+/t39-,41-,42-,43-,45-,46+,47+,48+,50-,51+,52-,53-,55-,56+,62-/m1/s1. The largest absolute Gasteiger partial charge is 0.460 e. The van der Waals surface area contributed by atoms with Crippen molar-refractivity contribution in [2.75, 3.05) is 47.2 Å². The first kappa shape index (κ1) is 68.0. The monoisotopic (exact) mass is 1120 g/mol. The number of fused-ring (bicyclic) bond motifs is 3. The lowest BCUT2D eigenvalue weighted by Crippen LogP contribution is -2.61. The number of allylic oxidation sites excluding steroid dienone is 6. The summed E-state index contributed by atoms with van der Waals surface area (Å²) in [6, 6.07) is -1.18. The van der Waals surface area contributed by atoms with E-state index in [1.807, 2.05) is 85.8 Å². The van der Waals surface area contributed by atoms with Crippen LogP contribution in [-0.2, 0) is 57.1 Å². The van der Waals surface area contributed by atoms with Crippen molar-refractivity contribution in [3.05, 3.63) is 47.6 Å². The molecular weight excluding hydrogens is 1010 g/mol. The highest BCUT2D eigenvalue weighted by Gasteiger charge is 2.53. The fourth-order valence-electron chi connectivity index (χ4n) is 11.7. The predicted molar refractivity (Wildman–Crippen MR) is 300 cm³/mol. The molecule has 0 unspecified atom stereocenters. The van der Waals surface area contributed by atoms with Crippen molar-refractivity contribution in [3.8, 4) is 0 Å². The number of aliphatic hydroxyl groups excluding tert-OH is 3. The van der Waals surface area contributed by atoms with Crippen molar-refractivity contribution in [2.24, 2.45) is 35.5 Å². The SMILES string of the molecule is CO[C@@H]1C[C@H](C[C@@H](C)[C@@H]2CC(=O)[C@H](C)/C=C(\C)[C@@H](O)[C@@H](OC)C(=O)[C@H](C)C[C@H](C)/C=C/C=C/C=C(\C)[C@H](OC(C)(C)CCOC(C)(C)CCO)C[C@@H]3CC[C@@H](C)[C@@](O)(O3)C(=O)C(=O)N3CCCC[C@H]3C(=O)O2)CC[C@H]1OCCO. The van der Waals surface area contributed by atoms with Gasteiger partial charge in [-0.3, -0.25) is 19.2 Å². The molecule has 3 heterocycles. The molecule has 17 heteroatoms. The number of ether oxygens (including phenoxy) is 7. The molecule has 1 saturated carbocycles. The number of amides is 1. The van der Waals surface area contributed by atoms with Crippen LogP contribution in [0.25, 0.3) is 0 Å². The van der Waals surface area contributed by atoms with Crippen molar-refractivity contribution >= 4 is 29.2 Å². The molecule has 3 aliphatic heterocycles. The van der Waals surface area contributed by atoms with Gasteiger partial charge in [-0.15, -0.1) is 0 Å². The second-order valence-electron chi connectivity index (χ2n) is 24.6. The minimum absolute atomic E-state index is 0.00568.